The Bertz CT molecular complexity index is 181. The van der Waals surface area contributed by atoms with Crippen LogP contribution in [-0.4, -0.2) is 17.7 Å². The Morgan fingerprint density at radius 1 is 0.941 bits per heavy atom. The number of thiocarbonyl (C=S) groups is 1. The van der Waals surface area contributed by atoms with Gasteiger partial charge in [0.1, 0.15) is 0 Å². The van der Waals surface area contributed by atoms with E-state index in [9.17, 15) is 0 Å². The van der Waals surface area contributed by atoms with E-state index in [4.69, 9.17) is 12.2 Å². The highest BCUT2D eigenvalue weighted by atomic mass is 32.1. The van der Waals surface area contributed by atoms with E-state index in [-0.39, 0.29) is 0 Å². The van der Waals surface area contributed by atoms with Gasteiger partial charge in [0.15, 0.2) is 5.11 Å². The Kier molecular flexibility index (Phi) is 11.9. The summed E-state index contributed by atoms with van der Waals surface area (Å²) >= 11 is 5.16. The van der Waals surface area contributed by atoms with Crippen molar-refractivity contribution in [3.63, 3.8) is 0 Å². The molecule has 0 saturated carbocycles. The largest absolute Gasteiger partial charge is 0.363 e. The fraction of sp³-hybridized carbons (Fsp3) is 0.929. The summed E-state index contributed by atoms with van der Waals surface area (Å²) in [6, 6.07) is 0.425. The lowest BCUT2D eigenvalue weighted by Crippen LogP contribution is -2.39. The molecule has 0 amide bonds. The van der Waals surface area contributed by atoms with Gasteiger partial charge < -0.3 is 10.6 Å². The Morgan fingerprint density at radius 3 is 2.00 bits per heavy atom. The molecule has 0 spiro atoms. The van der Waals surface area contributed by atoms with E-state index in [0.29, 0.717) is 6.04 Å². The predicted molar refractivity (Wildman–Crippen MR) is 81.5 cm³/mol. The Morgan fingerprint density at radius 2 is 1.47 bits per heavy atom. The molecule has 0 atom stereocenters. The van der Waals surface area contributed by atoms with E-state index < -0.39 is 0 Å². The van der Waals surface area contributed by atoms with Crippen molar-refractivity contribution in [2.24, 2.45) is 0 Å². The van der Waals surface area contributed by atoms with Crippen molar-refractivity contribution in [3.8, 4) is 0 Å². The van der Waals surface area contributed by atoms with Crippen LogP contribution in [0.4, 0.5) is 0 Å². The van der Waals surface area contributed by atoms with E-state index in [1.54, 1.807) is 0 Å². The zero-order chi connectivity index (χ0) is 12.9. The van der Waals surface area contributed by atoms with Gasteiger partial charge in [-0.05, 0) is 32.5 Å². The lowest BCUT2D eigenvalue weighted by atomic mass is 10.1. The molecule has 0 fully saturated rings. The van der Waals surface area contributed by atoms with Crippen molar-refractivity contribution in [1.82, 2.24) is 10.6 Å². The molecule has 0 bridgehead atoms. The maximum Gasteiger partial charge on any atom is 0.166 e. The third-order valence-corrected chi connectivity index (χ3v) is 3.00. The summed E-state index contributed by atoms with van der Waals surface area (Å²) in [7, 11) is 0. The molecule has 0 radical (unpaired) electrons. The summed E-state index contributed by atoms with van der Waals surface area (Å²) in [6.45, 7) is 7.47. The molecule has 17 heavy (non-hydrogen) atoms. The topological polar surface area (TPSA) is 24.1 Å². The maximum absolute atomic E-state index is 5.16. The molecule has 102 valence electrons. The molecule has 0 unspecified atom stereocenters. The van der Waals surface area contributed by atoms with Crippen molar-refractivity contribution < 1.29 is 0 Å². The molecule has 0 aromatic rings. The predicted octanol–water partition coefficient (Wildman–Crippen LogP) is 4.00. The highest BCUT2D eigenvalue weighted by Crippen LogP contribution is 2.07. The second-order valence-corrected chi connectivity index (χ2v) is 5.44. The van der Waals surface area contributed by atoms with E-state index in [1.807, 2.05) is 0 Å². The highest BCUT2D eigenvalue weighted by Gasteiger charge is 1.97. The zero-order valence-electron chi connectivity index (χ0n) is 11.8. The molecule has 3 heteroatoms. The average Bonchev–Trinajstić information content (AvgIpc) is 2.26. The van der Waals surface area contributed by atoms with Crippen LogP contribution in [0.1, 0.15) is 72.1 Å². The minimum Gasteiger partial charge on any atom is -0.363 e. The van der Waals surface area contributed by atoms with Crippen molar-refractivity contribution >= 4 is 17.3 Å². The number of hydrogen-bond acceptors (Lipinski definition) is 1. The van der Waals surface area contributed by atoms with E-state index in [0.717, 1.165) is 11.7 Å². The number of unbranched alkanes of at least 4 members (excludes halogenated alkanes) is 7. The van der Waals surface area contributed by atoms with Crippen LogP contribution >= 0.6 is 12.2 Å². The lowest BCUT2D eigenvalue weighted by Gasteiger charge is -2.12. The van der Waals surface area contributed by atoms with Crippen molar-refractivity contribution in [1.29, 1.82) is 0 Å². The summed E-state index contributed by atoms with van der Waals surface area (Å²) in [5.74, 6) is 0. The molecule has 0 aromatic carbocycles. The minimum atomic E-state index is 0.425. The monoisotopic (exact) mass is 258 g/mol. The number of rotatable bonds is 10. The average molecular weight is 258 g/mol. The van der Waals surface area contributed by atoms with Crippen LogP contribution in [0.3, 0.4) is 0 Å². The number of hydrogen-bond donors (Lipinski definition) is 2. The molecular weight excluding hydrogens is 228 g/mol. The smallest absolute Gasteiger partial charge is 0.166 e. The van der Waals surface area contributed by atoms with Crippen LogP contribution in [-0.2, 0) is 0 Å². The summed E-state index contributed by atoms with van der Waals surface area (Å²) in [5, 5.41) is 7.23. The molecule has 0 saturated heterocycles. The first-order valence-corrected chi connectivity index (χ1v) is 7.62. The van der Waals surface area contributed by atoms with Crippen molar-refractivity contribution in [2.45, 2.75) is 78.2 Å². The molecule has 0 aliphatic carbocycles. The second-order valence-electron chi connectivity index (χ2n) is 5.03. The van der Waals surface area contributed by atoms with E-state index >= 15 is 0 Å². The molecule has 0 aliphatic rings. The molecule has 0 heterocycles. The van der Waals surface area contributed by atoms with E-state index in [1.165, 1.54) is 51.4 Å². The SMILES string of the molecule is CCCCCCCCCCNC(=S)NC(C)C. The van der Waals surface area contributed by atoms with Gasteiger partial charge in [0.2, 0.25) is 0 Å². The summed E-state index contributed by atoms with van der Waals surface area (Å²) in [4.78, 5) is 0. The quantitative estimate of drug-likeness (QED) is 0.457. The van der Waals surface area contributed by atoms with Gasteiger partial charge in [-0.25, -0.2) is 0 Å². The Hall–Kier alpha value is -0.310. The van der Waals surface area contributed by atoms with Crippen LogP contribution in [0.25, 0.3) is 0 Å². The first-order chi connectivity index (χ1) is 8.16. The van der Waals surface area contributed by atoms with Gasteiger partial charge in [0.05, 0.1) is 0 Å². The Balaban J connectivity index is 3.10. The van der Waals surface area contributed by atoms with Gasteiger partial charge in [0.25, 0.3) is 0 Å². The normalized spacial score (nSPS) is 10.6. The fourth-order valence-corrected chi connectivity index (χ4v) is 2.11. The molecule has 2 nitrogen and oxygen atoms in total. The van der Waals surface area contributed by atoms with Crippen LogP contribution < -0.4 is 10.6 Å². The minimum absolute atomic E-state index is 0.425. The summed E-state index contributed by atoms with van der Waals surface area (Å²) in [5.41, 5.74) is 0. The molecule has 0 aromatic heterocycles. The Labute approximate surface area is 113 Å². The third kappa shape index (κ3) is 13.6. The molecule has 2 N–H and O–H groups in total. The summed E-state index contributed by atoms with van der Waals surface area (Å²) in [6.07, 6.45) is 10.9. The van der Waals surface area contributed by atoms with Crippen LogP contribution in [0.5, 0.6) is 0 Å². The van der Waals surface area contributed by atoms with Gasteiger partial charge in [0, 0.05) is 12.6 Å². The van der Waals surface area contributed by atoms with Crippen molar-refractivity contribution in [2.75, 3.05) is 6.54 Å². The highest BCUT2D eigenvalue weighted by molar-refractivity contribution is 7.80. The summed E-state index contributed by atoms with van der Waals surface area (Å²) < 4.78 is 0. The van der Waals surface area contributed by atoms with E-state index in [2.05, 4.69) is 31.4 Å². The third-order valence-electron chi connectivity index (χ3n) is 2.74. The van der Waals surface area contributed by atoms with Crippen LogP contribution in [0.15, 0.2) is 0 Å². The first kappa shape index (κ1) is 16.7. The van der Waals surface area contributed by atoms with Gasteiger partial charge in [-0.1, -0.05) is 51.9 Å². The fourth-order valence-electron chi connectivity index (χ4n) is 1.77. The zero-order valence-corrected chi connectivity index (χ0v) is 12.7. The standard InChI is InChI=1S/C14H30N2S/c1-4-5-6-7-8-9-10-11-12-15-14(17)16-13(2)3/h13H,4-12H2,1-3H3,(H2,15,16,17). The molecule has 0 rings (SSSR count). The van der Waals surface area contributed by atoms with Crippen molar-refractivity contribution in [3.05, 3.63) is 0 Å². The van der Waals surface area contributed by atoms with Crippen LogP contribution in [0, 0.1) is 0 Å². The first-order valence-electron chi connectivity index (χ1n) is 7.21. The second kappa shape index (κ2) is 12.2. The van der Waals surface area contributed by atoms with Gasteiger partial charge in [-0.15, -0.1) is 0 Å². The molecule has 0 aliphatic heterocycles. The number of nitrogens with one attached hydrogen (secondary N) is 2. The maximum atomic E-state index is 5.16. The van der Waals surface area contributed by atoms with Crippen LogP contribution in [0.2, 0.25) is 0 Å². The van der Waals surface area contributed by atoms with Gasteiger partial charge in [-0.3, -0.25) is 0 Å². The van der Waals surface area contributed by atoms with Gasteiger partial charge >= 0.3 is 0 Å². The molecular formula is C14H30N2S. The van der Waals surface area contributed by atoms with Gasteiger partial charge in [-0.2, -0.15) is 0 Å². The lowest BCUT2D eigenvalue weighted by molar-refractivity contribution is 0.571.